The lowest BCUT2D eigenvalue weighted by molar-refractivity contribution is 0.775. The van der Waals surface area contributed by atoms with E-state index < -0.39 is 0 Å². The summed E-state index contributed by atoms with van der Waals surface area (Å²) in [5, 5.41) is 11.5. The van der Waals surface area contributed by atoms with Gasteiger partial charge in [0.05, 0.1) is 5.69 Å². The summed E-state index contributed by atoms with van der Waals surface area (Å²) in [4.78, 5) is 0. The van der Waals surface area contributed by atoms with Crippen LogP contribution in [0.25, 0.3) is 11.3 Å². The van der Waals surface area contributed by atoms with Gasteiger partial charge in [0.15, 0.2) is 0 Å². The van der Waals surface area contributed by atoms with E-state index in [2.05, 4.69) is 46.7 Å². The van der Waals surface area contributed by atoms with Crippen molar-refractivity contribution in [2.75, 3.05) is 11.9 Å². The Morgan fingerprint density at radius 3 is 2.37 bits per heavy atom. The zero-order valence-electron chi connectivity index (χ0n) is 11.4. The third-order valence-electron chi connectivity index (χ3n) is 2.93. The third kappa shape index (κ3) is 3.76. The molecule has 0 aliphatic rings. The van der Waals surface area contributed by atoms with Crippen molar-refractivity contribution >= 4 is 5.82 Å². The fourth-order valence-corrected chi connectivity index (χ4v) is 1.76. The number of nitrogens with zero attached hydrogens (tertiary/aromatic N) is 2. The second kappa shape index (κ2) is 6.29. The van der Waals surface area contributed by atoms with Gasteiger partial charge in [-0.3, -0.25) is 0 Å². The molecule has 2 aromatic rings. The number of anilines is 1. The molecule has 0 saturated heterocycles. The van der Waals surface area contributed by atoms with Crippen molar-refractivity contribution in [3.63, 3.8) is 0 Å². The average Bonchev–Trinajstić information content (AvgIpc) is 2.46. The Hall–Kier alpha value is -1.94. The van der Waals surface area contributed by atoms with Crippen LogP contribution < -0.4 is 11.1 Å². The second-order valence-corrected chi connectivity index (χ2v) is 4.71. The SMILES string of the molecule is CCc1ccc(-c2ccc(NCC(C)N)nn2)cc1. The zero-order chi connectivity index (χ0) is 13.7. The summed E-state index contributed by atoms with van der Waals surface area (Å²) in [6, 6.07) is 12.4. The summed E-state index contributed by atoms with van der Waals surface area (Å²) in [7, 11) is 0. The molecule has 4 heteroatoms. The van der Waals surface area contributed by atoms with Crippen LogP contribution in [0.2, 0.25) is 0 Å². The first-order valence-electron chi connectivity index (χ1n) is 6.61. The maximum atomic E-state index is 5.68. The molecule has 1 aromatic carbocycles. The van der Waals surface area contributed by atoms with Gasteiger partial charge in [0.1, 0.15) is 5.82 Å². The van der Waals surface area contributed by atoms with Gasteiger partial charge in [-0.15, -0.1) is 10.2 Å². The van der Waals surface area contributed by atoms with Gasteiger partial charge < -0.3 is 11.1 Å². The van der Waals surface area contributed by atoms with Crippen molar-refractivity contribution in [2.45, 2.75) is 26.3 Å². The number of benzene rings is 1. The lowest BCUT2D eigenvalue weighted by Crippen LogP contribution is -2.25. The first kappa shape index (κ1) is 13.5. The molecule has 100 valence electrons. The van der Waals surface area contributed by atoms with Gasteiger partial charge in [-0.05, 0) is 31.0 Å². The van der Waals surface area contributed by atoms with E-state index in [4.69, 9.17) is 5.73 Å². The summed E-state index contributed by atoms with van der Waals surface area (Å²) in [6.07, 6.45) is 1.05. The molecule has 1 atom stereocenters. The maximum Gasteiger partial charge on any atom is 0.148 e. The third-order valence-corrected chi connectivity index (χ3v) is 2.93. The smallest absolute Gasteiger partial charge is 0.148 e. The number of rotatable bonds is 5. The van der Waals surface area contributed by atoms with Crippen molar-refractivity contribution in [1.82, 2.24) is 10.2 Å². The van der Waals surface area contributed by atoms with Gasteiger partial charge >= 0.3 is 0 Å². The Morgan fingerprint density at radius 1 is 1.11 bits per heavy atom. The van der Waals surface area contributed by atoms with E-state index in [0.29, 0.717) is 6.54 Å². The van der Waals surface area contributed by atoms with E-state index >= 15 is 0 Å². The van der Waals surface area contributed by atoms with Gasteiger partial charge in [-0.2, -0.15) is 0 Å². The Kier molecular flexibility index (Phi) is 4.47. The van der Waals surface area contributed by atoms with Crippen LogP contribution in [0.3, 0.4) is 0 Å². The zero-order valence-corrected chi connectivity index (χ0v) is 11.4. The molecular weight excluding hydrogens is 236 g/mol. The van der Waals surface area contributed by atoms with Crippen LogP contribution in [0.4, 0.5) is 5.82 Å². The number of aryl methyl sites for hydroxylation is 1. The van der Waals surface area contributed by atoms with Crippen LogP contribution >= 0.6 is 0 Å². The summed E-state index contributed by atoms with van der Waals surface area (Å²) in [5.74, 6) is 0.756. The highest BCUT2D eigenvalue weighted by Crippen LogP contribution is 2.18. The highest BCUT2D eigenvalue weighted by Gasteiger charge is 2.02. The standard InChI is InChI=1S/C15H20N4/c1-3-12-4-6-13(7-5-12)14-8-9-15(19-18-14)17-10-11(2)16/h4-9,11H,3,10,16H2,1-2H3,(H,17,19). The van der Waals surface area contributed by atoms with Crippen molar-refractivity contribution < 1.29 is 0 Å². The quantitative estimate of drug-likeness (QED) is 0.862. The molecule has 19 heavy (non-hydrogen) atoms. The van der Waals surface area contributed by atoms with Crippen LogP contribution in [0.5, 0.6) is 0 Å². The molecule has 0 amide bonds. The predicted molar refractivity (Wildman–Crippen MR) is 79.0 cm³/mol. The Bertz CT molecular complexity index is 503. The molecule has 1 unspecified atom stereocenters. The number of nitrogens with one attached hydrogen (secondary N) is 1. The molecule has 0 spiro atoms. The largest absolute Gasteiger partial charge is 0.367 e. The Labute approximate surface area is 114 Å². The number of hydrogen-bond acceptors (Lipinski definition) is 4. The summed E-state index contributed by atoms with van der Waals surface area (Å²) < 4.78 is 0. The number of aromatic nitrogens is 2. The van der Waals surface area contributed by atoms with Crippen molar-refractivity contribution in [2.24, 2.45) is 5.73 Å². The van der Waals surface area contributed by atoms with Crippen LogP contribution in [0.15, 0.2) is 36.4 Å². The molecule has 4 nitrogen and oxygen atoms in total. The molecule has 0 aliphatic carbocycles. The molecule has 2 rings (SSSR count). The molecular formula is C15H20N4. The number of hydrogen-bond donors (Lipinski definition) is 2. The van der Waals surface area contributed by atoms with Crippen LogP contribution in [-0.2, 0) is 6.42 Å². The van der Waals surface area contributed by atoms with E-state index in [0.717, 1.165) is 23.5 Å². The van der Waals surface area contributed by atoms with Crippen LogP contribution in [-0.4, -0.2) is 22.8 Å². The molecule has 3 N–H and O–H groups in total. The van der Waals surface area contributed by atoms with E-state index in [1.807, 2.05) is 19.1 Å². The minimum atomic E-state index is 0.100. The van der Waals surface area contributed by atoms with Crippen LogP contribution in [0, 0.1) is 0 Å². The summed E-state index contributed by atoms with van der Waals surface area (Å²) in [5.41, 5.74) is 8.97. The van der Waals surface area contributed by atoms with Crippen molar-refractivity contribution in [3.8, 4) is 11.3 Å². The lowest BCUT2D eigenvalue weighted by atomic mass is 10.1. The van der Waals surface area contributed by atoms with Crippen molar-refractivity contribution in [1.29, 1.82) is 0 Å². The lowest BCUT2D eigenvalue weighted by Gasteiger charge is -2.08. The first-order chi connectivity index (χ1) is 9.19. The predicted octanol–water partition coefficient (Wildman–Crippen LogP) is 2.47. The highest BCUT2D eigenvalue weighted by atomic mass is 15.2. The molecule has 0 fully saturated rings. The van der Waals surface area contributed by atoms with Gasteiger partial charge in [0.25, 0.3) is 0 Å². The molecule has 0 radical (unpaired) electrons. The Balaban J connectivity index is 2.08. The number of nitrogens with two attached hydrogens (primary N) is 1. The van der Waals surface area contributed by atoms with Gasteiger partial charge in [-0.1, -0.05) is 31.2 Å². The first-order valence-corrected chi connectivity index (χ1v) is 6.61. The minimum absolute atomic E-state index is 0.100. The van der Waals surface area contributed by atoms with Gasteiger partial charge in [-0.25, -0.2) is 0 Å². The van der Waals surface area contributed by atoms with E-state index in [-0.39, 0.29) is 6.04 Å². The van der Waals surface area contributed by atoms with Gasteiger partial charge in [0, 0.05) is 18.2 Å². The fraction of sp³-hybridized carbons (Fsp3) is 0.333. The molecule has 1 aromatic heterocycles. The van der Waals surface area contributed by atoms with E-state index in [9.17, 15) is 0 Å². The fourth-order valence-electron chi connectivity index (χ4n) is 1.76. The van der Waals surface area contributed by atoms with Gasteiger partial charge in [0.2, 0.25) is 0 Å². The Morgan fingerprint density at radius 2 is 1.84 bits per heavy atom. The molecule has 1 heterocycles. The maximum absolute atomic E-state index is 5.68. The molecule has 0 saturated carbocycles. The minimum Gasteiger partial charge on any atom is -0.367 e. The highest BCUT2D eigenvalue weighted by molar-refractivity contribution is 5.59. The van der Waals surface area contributed by atoms with Crippen LogP contribution in [0.1, 0.15) is 19.4 Å². The normalized spacial score (nSPS) is 12.2. The average molecular weight is 256 g/mol. The topological polar surface area (TPSA) is 63.8 Å². The second-order valence-electron chi connectivity index (χ2n) is 4.71. The monoisotopic (exact) mass is 256 g/mol. The van der Waals surface area contributed by atoms with E-state index in [1.54, 1.807) is 0 Å². The van der Waals surface area contributed by atoms with Crippen molar-refractivity contribution in [3.05, 3.63) is 42.0 Å². The van der Waals surface area contributed by atoms with E-state index in [1.165, 1.54) is 5.56 Å². The summed E-state index contributed by atoms with van der Waals surface area (Å²) >= 11 is 0. The summed E-state index contributed by atoms with van der Waals surface area (Å²) in [6.45, 7) is 4.79. The molecule has 0 bridgehead atoms. The molecule has 0 aliphatic heterocycles.